The molecular formula is C23H37N4O6S+. The molecule has 3 saturated heterocycles. The Kier molecular flexibility index (Phi) is 7.05. The van der Waals surface area contributed by atoms with Crippen molar-refractivity contribution in [1.29, 1.82) is 0 Å². The van der Waals surface area contributed by atoms with Crippen molar-refractivity contribution in [1.82, 2.24) is 15.1 Å². The normalized spacial score (nSPS) is 34.5. The Morgan fingerprint density at radius 1 is 1.32 bits per heavy atom. The molecule has 0 radical (unpaired) electrons. The van der Waals surface area contributed by atoms with E-state index < -0.39 is 18.0 Å². The van der Waals surface area contributed by atoms with Gasteiger partial charge in [0.05, 0.1) is 51.4 Å². The highest BCUT2D eigenvalue weighted by Gasteiger charge is 2.60. The maximum Gasteiger partial charge on any atom is 0.353 e. The van der Waals surface area contributed by atoms with E-state index in [1.807, 2.05) is 11.8 Å². The number of amides is 2. The molecule has 10 nitrogen and oxygen atoms in total. The number of nitrogens with zero attached hydrogens (tertiary/aromatic N) is 3. The van der Waals surface area contributed by atoms with Crippen LogP contribution in [-0.2, 0) is 14.4 Å². The quantitative estimate of drug-likeness (QED) is 0.255. The van der Waals surface area contributed by atoms with Crippen LogP contribution in [0.3, 0.4) is 0 Å². The van der Waals surface area contributed by atoms with E-state index in [1.165, 1.54) is 16.7 Å². The summed E-state index contributed by atoms with van der Waals surface area (Å²) >= 11 is 1.46. The van der Waals surface area contributed by atoms with Crippen LogP contribution in [0, 0.1) is 11.8 Å². The first kappa shape index (κ1) is 25.4. The number of rotatable bonds is 8. The van der Waals surface area contributed by atoms with Crippen molar-refractivity contribution in [3.63, 3.8) is 0 Å². The molecule has 0 aliphatic carbocycles. The summed E-state index contributed by atoms with van der Waals surface area (Å²) in [5.74, 6) is -2.12. The summed E-state index contributed by atoms with van der Waals surface area (Å²) in [5, 5.41) is 32.5. The molecule has 0 aromatic rings. The lowest BCUT2D eigenvalue weighted by molar-refractivity contribution is -0.913. The number of carboxylic acid groups (broad SMARTS) is 1. The van der Waals surface area contributed by atoms with Crippen LogP contribution in [0.4, 0.5) is 0 Å². The predicted molar refractivity (Wildman–Crippen MR) is 126 cm³/mol. The molecule has 11 heteroatoms. The molecule has 0 aromatic heterocycles. The Hall–Kier alpha value is -1.66. The molecular weight excluding hydrogens is 460 g/mol. The molecule has 4 heterocycles. The first-order chi connectivity index (χ1) is 16.0. The van der Waals surface area contributed by atoms with Gasteiger partial charge in [0.15, 0.2) is 0 Å². The lowest BCUT2D eigenvalue weighted by Crippen LogP contribution is -2.63. The number of hydrogen-bond donors (Lipinski definition) is 4. The van der Waals surface area contributed by atoms with Crippen molar-refractivity contribution in [3.8, 4) is 0 Å². The second-order valence-electron chi connectivity index (χ2n) is 10.7. The van der Waals surface area contributed by atoms with E-state index >= 15 is 0 Å². The van der Waals surface area contributed by atoms with Gasteiger partial charge in [-0.05, 0) is 13.3 Å². The molecule has 4 aliphatic rings. The highest BCUT2D eigenvalue weighted by atomic mass is 32.2. The van der Waals surface area contributed by atoms with Crippen LogP contribution in [0.2, 0.25) is 0 Å². The van der Waals surface area contributed by atoms with Crippen molar-refractivity contribution in [2.24, 2.45) is 11.8 Å². The first-order valence-electron chi connectivity index (χ1n) is 12.1. The summed E-state index contributed by atoms with van der Waals surface area (Å²) in [5.41, 5.74) is 0.0328. The molecule has 0 spiro atoms. The van der Waals surface area contributed by atoms with Gasteiger partial charge < -0.3 is 34.9 Å². The highest BCUT2D eigenvalue weighted by molar-refractivity contribution is 8.03. The number of likely N-dealkylation sites (N-methyl/N-ethyl adjacent to an activating group) is 1. The van der Waals surface area contributed by atoms with E-state index in [2.05, 4.69) is 19.4 Å². The fourth-order valence-electron chi connectivity index (χ4n) is 6.01. The zero-order valence-corrected chi connectivity index (χ0v) is 21.1. The molecule has 3 fully saturated rings. The fourth-order valence-corrected chi connectivity index (χ4v) is 7.49. The van der Waals surface area contributed by atoms with E-state index in [4.69, 9.17) is 0 Å². The van der Waals surface area contributed by atoms with Crippen LogP contribution in [0.5, 0.6) is 0 Å². The fraction of sp³-hybridized carbons (Fsp3) is 0.783. The van der Waals surface area contributed by atoms with E-state index in [-0.39, 0.29) is 47.4 Å². The molecule has 4 rings (SSSR count). The zero-order valence-electron chi connectivity index (χ0n) is 20.3. The molecule has 2 amide bonds. The maximum absolute atomic E-state index is 13.2. The molecule has 0 aromatic carbocycles. The number of carboxylic acids is 1. The Bertz CT molecular complexity index is 893. The Morgan fingerprint density at radius 2 is 2.03 bits per heavy atom. The number of aliphatic hydroxyl groups is 2. The lowest BCUT2D eigenvalue weighted by Gasteiger charge is -2.46. The average Bonchev–Trinajstić information content (AvgIpc) is 3.46. The van der Waals surface area contributed by atoms with Crippen LogP contribution < -0.4 is 5.32 Å². The largest absolute Gasteiger partial charge is 0.477 e. The summed E-state index contributed by atoms with van der Waals surface area (Å²) in [6.45, 7) is 6.23. The van der Waals surface area contributed by atoms with Crippen molar-refractivity contribution in [2.45, 2.75) is 56.2 Å². The Morgan fingerprint density at radius 3 is 2.65 bits per heavy atom. The van der Waals surface area contributed by atoms with Crippen LogP contribution >= 0.6 is 11.8 Å². The summed E-state index contributed by atoms with van der Waals surface area (Å²) in [6.07, 6.45) is 0.684. The monoisotopic (exact) mass is 497 g/mol. The van der Waals surface area contributed by atoms with Gasteiger partial charge in [0, 0.05) is 35.6 Å². The van der Waals surface area contributed by atoms with Gasteiger partial charge in [-0.1, -0.05) is 6.92 Å². The third kappa shape index (κ3) is 4.26. The van der Waals surface area contributed by atoms with Gasteiger partial charge in [0.25, 0.3) is 0 Å². The number of thioether (sulfide) groups is 1. The third-order valence-corrected chi connectivity index (χ3v) is 9.64. The van der Waals surface area contributed by atoms with E-state index in [9.17, 15) is 29.7 Å². The number of carbonyl (C=O) groups is 3. The number of nitrogens with one attached hydrogen (secondary N) is 1. The molecule has 6 unspecified atom stereocenters. The molecule has 4 N–H and O–H groups in total. The molecule has 0 bridgehead atoms. The van der Waals surface area contributed by atoms with Crippen molar-refractivity contribution in [3.05, 3.63) is 10.6 Å². The van der Waals surface area contributed by atoms with Gasteiger partial charge in [0.1, 0.15) is 18.3 Å². The lowest BCUT2D eigenvalue weighted by atomic mass is 9.79. The second kappa shape index (κ2) is 9.42. The van der Waals surface area contributed by atoms with E-state index in [1.54, 1.807) is 6.92 Å². The minimum absolute atomic E-state index is 0.0274. The van der Waals surface area contributed by atoms with Gasteiger partial charge >= 0.3 is 5.97 Å². The molecule has 7 atom stereocenters. The number of carbonyl (C=O) groups excluding carboxylic acids is 2. The van der Waals surface area contributed by atoms with Crippen molar-refractivity contribution < 1.29 is 34.2 Å². The number of aliphatic hydroxyl groups excluding tert-OH is 2. The molecule has 34 heavy (non-hydrogen) atoms. The van der Waals surface area contributed by atoms with Crippen molar-refractivity contribution >= 4 is 29.5 Å². The standard InChI is InChI=1S/C23H36N4O6S/c1-12-18-17(13(2)29)22(31)26(18)19(23(32)33)20(12)34-15-9-16(24-10-15)21(30)25-6-5-14(11-25)27(3,4)7-8-28/h12-18,24,28-29H,5-11H2,1-4H3/p+1/t12?,13?,14?,15?,16?,17?,18-/m0/s1. The molecule has 0 saturated carbocycles. The SMILES string of the molecule is CC(O)C1C(=O)N2C(C(=O)O)=C(SC3CNC(C(=O)N4CCC([N+](C)(C)CCO)C4)C3)C(C)[C@@H]12. The maximum atomic E-state index is 13.2. The van der Waals surface area contributed by atoms with Crippen LogP contribution in [-0.4, -0.2) is 124 Å². The second-order valence-corrected chi connectivity index (χ2v) is 12.0. The predicted octanol–water partition coefficient (Wildman–Crippen LogP) is -0.727. The van der Waals surface area contributed by atoms with Gasteiger partial charge in [0.2, 0.25) is 11.8 Å². The summed E-state index contributed by atoms with van der Waals surface area (Å²) in [4.78, 5) is 41.7. The number of aliphatic carboxylic acids is 1. The minimum atomic E-state index is -1.13. The molecule has 190 valence electrons. The van der Waals surface area contributed by atoms with Gasteiger partial charge in [-0.25, -0.2) is 4.79 Å². The number of fused-ring (bicyclic) bond motifs is 1. The number of hydrogen-bond acceptors (Lipinski definition) is 7. The van der Waals surface area contributed by atoms with Crippen molar-refractivity contribution in [2.75, 3.05) is 46.9 Å². The summed E-state index contributed by atoms with van der Waals surface area (Å²) in [7, 11) is 4.17. The Labute approximate surface area is 204 Å². The van der Waals surface area contributed by atoms with Crippen LogP contribution in [0.25, 0.3) is 0 Å². The highest BCUT2D eigenvalue weighted by Crippen LogP contribution is 2.51. The van der Waals surface area contributed by atoms with Crippen LogP contribution in [0.15, 0.2) is 10.6 Å². The van der Waals surface area contributed by atoms with Crippen LogP contribution in [0.1, 0.15) is 26.7 Å². The Balaban J connectivity index is 1.39. The van der Waals surface area contributed by atoms with Gasteiger partial charge in [-0.3, -0.25) is 9.59 Å². The molecule has 4 aliphatic heterocycles. The third-order valence-electron chi connectivity index (χ3n) is 8.13. The summed E-state index contributed by atoms with van der Waals surface area (Å²) in [6, 6.07) is -0.330. The average molecular weight is 498 g/mol. The number of β-lactam (4-membered cyclic amide) rings is 1. The van der Waals surface area contributed by atoms with Gasteiger partial charge in [-0.2, -0.15) is 0 Å². The van der Waals surface area contributed by atoms with Gasteiger partial charge in [-0.15, -0.1) is 11.8 Å². The zero-order chi connectivity index (χ0) is 24.9. The summed E-state index contributed by atoms with van der Waals surface area (Å²) < 4.78 is 0.685. The van der Waals surface area contributed by atoms with E-state index in [0.717, 1.165) is 6.42 Å². The number of likely N-dealkylation sites (tertiary alicyclic amines) is 1. The minimum Gasteiger partial charge on any atom is -0.477 e. The topological polar surface area (TPSA) is 130 Å². The number of quaternary nitrogens is 1. The first-order valence-corrected chi connectivity index (χ1v) is 13.0. The van der Waals surface area contributed by atoms with E-state index in [0.29, 0.717) is 48.0 Å². The smallest absolute Gasteiger partial charge is 0.353 e.